The Hall–Kier alpha value is -1.89. The Balaban J connectivity index is 1.96. The third kappa shape index (κ3) is 2.86. The van der Waals surface area contributed by atoms with Crippen LogP contribution in [0, 0.1) is 16.0 Å². The van der Waals surface area contributed by atoms with Crippen molar-refractivity contribution < 1.29 is 19.2 Å². The topological polar surface area (TPSA) is 96.8 Å². The highest BCUT2D eigenvalue weighted by Crippen LogP contribution is 2.21. The van der Waals surface area contributed by atoms with E-state index in [9.17, 15) is 14.9 Å². The number of rotatable bonds is 4. The van der Waals surface area contributed by atoms with Crippen molar-refractivity contribution in [3.05, 3.63) is 28.0 Å². The highest BCUT2D eigenvalue weighted by atomic mass is 16.6. The van der Waals surface area contributed by atoms with E-state index in [0.29, 0.717) is 25.3 Å². The molecule has 0 radical (unpaired) electrons. The Morgan fingerprint density at radius 3 is 3.00 bits per heavy atom. The second kappa shape index (κ2) is 5.18. The van der Waals surface area contributed by atoms with E-state index in [4.69, 9.17) is 9.52 Å². The summed E-state index contributed by atoms with van der Waals surface area (Å²) in [6, 6.07) is 2.87. The highest BCUT2D eigenvalue weighted by Gasteiger charge is 2.26. The number of carbonyl (C=O) groups is 1. The molecule has 0 bridgehead atoms. The van der Waals surface area contributed by atoms with Gasteiger partial charge in [0, 0.05) is 6.54 Å². The lowest BCUT2D eigenvalue weighted by atomic mass is 9.98. The second-order valence-corrected chi connectivity index (χ2v) is 4.41. The fourth-order valence-electron chi connectivity index (χ4n) is 2.17. The summed E-state index contributed by atoms with van der Waals surface area (Å²) in [6.45, 7) is 1.67. The summed E-state index contributed by atoms with van der Waals surface area (Å²) in [7, 11) is 0. The molecule has 1 N–H and O–H groups in total. The third-order valence-corrected chi connectivity index (χ3v) is 3.06. The number of carboxylic acids is 1. The predicted octanol–water partition coefficient (Wildman–Crippen LogP) is 1.48. The first-order valence-electron chi connectivity index (χ1n) is 5.74. The van der Waals surface area contributed by atoms with Crippen molar-refractivity contribution in [3.8, 4) is 0 Å². The van der Waals surface area contributed by atoms with Crippen LogP contribution in [0.2, 0.25) is 0 Å². The molecule has 98 valence electrons. The zero-order valence-corrected chi connectivity index (χ0v) is 9.74. The van der Waals surface area contributed by atoms with E-state index in [1.165, 1.54) is 6.07 Å². The Kier molecular flexibility index (Phi) is 3.61. The van der Waals surface area contributed by atoms with Crippen LogP contribution in [0.3, 0.4) is 0 Å². The summed E-state index contributed by atoms with van der Waals surface area (Å²) in [4.78, 5) is 22.7. The summed E-state index contributed by atoms with van der Waals surface area (Å²) in [5, 5.41) is 19.4. The molecular weight excluding hydrogens is 240 g/mol. The van der Waals surface area contributed by atoms with E-state index in [-0.39, 0.29) is 11.8 Å². The first kappa shape index (κ1) is 12.6. The smallest absolute Gasteiger partial charge is 0.433 e. The summed E-state index contributed by atoms with van der Waals surface area (Å²) in [5.74, 6) is -0.932. The molecule has 1 fully saturated rings. The number of piperidine rings is 1. The van der Waals surface area contributed by atoms with E-state index in [2.05, 4.69) is 0 Å². The molecule has 7 heteroatoms. The van der Waals surface area contributed by atoms with Crippen LogP contribution in [0.5, 0.6) is 0 Å². The number of furan rings is 1. The molecule has 0 aromatic carbocycles. The van der Waals surface area contributed by atoms with Crippen LogP contribution in [0.25, 0.3) is 0 Å². The van der Waals surface area contributed by atoms with Crippen molar-refractivity contribution in [2.24, 2.45) is 5.92 Å². The third-order valence-electron chi connectivity index (χ3n) is 3.06. The highest BCUT2D eigenvalue weighted by molar-refractivity contribution is 5.70. The van der Waals surface area contributed by atoms with E-state index in [1.807, 2.05) is 4.90 Å². The normalized spacial score (nSPS) is 20.8. The zero-order valence-electron chi connectivity index (χ0n) is 9.74. The van der Waals surface area contributed by atoms with Crippen molar-refractivity contribution in [3.63, 3.8) is 0 Å². The van der Waals surface area contributed by atoms with Crippen molar-refractivity contribution in [2.45, 2.75) is 19.4 Å². The standard InChI is InChI=1S/C11H14N2O5/c14-11(15)8-2-1-5-12(6-8)7-9-3-4-10(18-9)13(16)17/h3-4,8H,1-2,5-7H2,(H,14,15). The summed E-state index contributed by atoms with van der Waals surface area (Å²) < 4.78 is 5.06. The van der Waals surface area contributed by atoms with Gasteiger partial charge < -0.3 is 9.52 Å². The quantitative estimate of drug-likeness (QED) is 0.645. The summed E-state index contributed by atoms with van der Waals surface area (Å²) in [6.07, 6.45) is 1.50. The van der Waals surface area contributed by atoms with E-state index < -0.39 is 10.9 Å². The van der Waals surface area contributed by atoms with Gasteiger partial charge in [0.1, 0.15) is 10.7 Å². The molecule has 7 nitrogen and oxygen atoms in total. The van der Waals surface area contributed by atoms with Gasteiger partial charge in [-0.3, -0.25) is 19.8 Å². The Labute approximate surface area is 103 Å². The SMILES string of the molecule is O=C(O)C1CCCN(Cc2ccc([N+](=O)[O-])o2)C1. The van der Waals surface area contributed by atoms with Gasteiger partial charge in [0.15, 0.2) is 0 Å². The maximum Gasteiger partial charge on any atom is 0.433 e. The molecule has 1 atom stereocenters. The molecule has 1 aromatic rings. The minimum Gasteiger partial charge on any atom is -0.481 e. The van der Waals surface area contributed by atoms with Gasteiger partial charge in [0.05, 0.1) is 18.5 Å². The monoisotopic (exact) mass is 254 g/mol. The van der Waals surface area contributed by atoms with Crippen LogP contribution in [0.1, 0.15) is 18.6 Å². The molecule has 1 aliphatic heterocycles. The lowest BCUT2D eigenvalue weighted by Gasteiger charge is -2.29. The predicted molar refractivity (Wildman–Crippen MR) is 61.0 cm³/mol. The second-order valence-electron chi connectivity index (χ2n) is 4.41. The number of aliphatic carboxylic acids is 1. The molecule has 0 amide bonds. The van der Waals surface area contributed by atoms with Crippen LogP contribution in [-0.2, 0) is 11.3 Å². The summed E-state index contributed by atoms with van der Waals surface area (Å²) >= 11 is 0. The average molecular weight is 254 g/mol. The van der Waals surface area contributed by atoms with Crippen LogP contribution in [0.15, 0.2) is 16.5 Å². The largest absolute Gasteiger partial charge is 0.481 e. The van der Waals surface area contributed by atoms with Crippen LogP contribution < -0.4 is 0 Å². The van der Waals surface area contributed by atoms with Gasteiger partial charge in [-0.25, -0.2) is 0 Å². The summed E-state index contributed by atoms with van der Waals surface area (Å²) in [5.41, 5.74) is 0. The van der Waals surface area contributed by atoms with Gasteiger partial charge in [-0.2, -0.15) is 0 Å². The van der Waals surface area contributed by atoms with Crippen molar-refractivity contribution >= 4 is 11.9 Å². The molecule has 1 aromatic heterocycles. The first-order chi connectivity index (χ1) is 8.56. The molecule has 0 aliphatic carbocycles. The van der Waals surface area contributed by atoms with Crippen LogP contribution >= 0.6 is 0 Å². The molecule has 1 unspecified atom stereocenters. The first-order valence-corrected chi connectivity index (χ1v) is 5.74. The van der Waals surface area contributed by atoms with Crippen molar-refractivity contribution in [1.82, 2.24) is 4.90 Å². The number of nitrogens with zero attached hydrogens (tertiary/aromatic N) is 2. The number of carboxylic acid groups (broad SMARTS) is 1. The molecule has 2 heterocycles. The number of hydrogen-bond donors (Lipinski definition) is 1. The molecule has 0 spiro atoms. The number of likely N-dealkylation sites (tertiary alicyclic amines) is 1. The Morgan fingerprint density at radius 1 is 1.61 bits per heavy atom. The Bertz CT molecular complexity index is 456. The molecule has 1 aliphatic rings. The molecule has 18 heavy (non-hydrogen) atoms. The lowest BCUT2D eigenvalue weighted by Crippen LogP contribution is -2.38. The lowest BCUT2D eigenvalue weighted by molar-refractivity contribution is -0.402. The molecule has 0 saturated carbocycles. The minimum atomic E-state index is -0.787. The molecular formula is C11H14N2O5. The maximum absolute atomic E-state index is 10.9. The van der Waals surface area contributed by atoms with Gasteiger partial charge in [-0.1, -0.05) is 0 Å². The van der Waals surface area contributed by atoms with Gasteiger partial charge in [-0.05, 0) is 25.5 Å². The van der Waals surface area contributed by atoms with Gasteiger partial charge >= 0.3 is 11.9 Å². The molecule has 1 saturated heterocycles. The number of hydrogen-bond acceptors (Lipinski definition) is 5. The van der Waals surface area contributed by atoms with Crippen molar-refractivity contribution in [2.75, 3.05) is 13.1 Å². The van der Waals surface area contributed by atoms with Gasteiger partial charge in [0.25, 0.3) is 0 Å². The Morgan fingerprint density at radius 2 is 2.39 bits per heavy atom. The maximum atomic E-state index is 10.9. The van der Waals surface area contributed by atoms with Gasteiger partial charge in [-0.15, -0.1) is 0 Å². The van der Waals surface area contributed by atoms with E-state index in [0.717, 1.165) is 13.0 Å². The van der Waals surface area contributed by atoms with Gasteiger partial charge in [0.2, 0.25) is 0 Å². The fraction of sp³-hybridized carbons (Fsp3) is 0.545. The van der Waals surface area contributed by atoms with Crippen LogP contribution in [0.4, 0.5) is 5.88 Å². The van der Waals surface area contributed by atoms with E-state index in [1.54, 1.807) is 6.07 Å². The van der Waals surface area contributed by atoms with E-state index >= 15 is 0 Å². The van der Waals surface area contributed by atoms with Crippen molar-refractivity contribution in [1.29, 1.82) is 0 Å². The fourth-order valence-corrected chi connectivity index (χ4v) is 2.17. The number of nitro groups is 1. The molecule has 2 rings (SSSR count). The minimum absolute atomic E-state index is 0.281. The zero-order chi connectivity index (χ0) is 13.1. The van der Waals surface area contributed by atoms with Crippen LogP contribution in [-0.4, -0.2) is 34.0 Å². The average Bonchev–Trinajstić information content (AvgIpc) is 2.78.